The molecule has 0 atom stereocenters. The number of thiazole rings is 1. The van der Waals surface area contributed by atoms with Gasteiger partial charge >= 0.3 is 12.1 Å². The number of nitro groups is 1. The third kappa shape index (κ3) is 6.66. The zero-order chi connectivity index (χ0) is 26.6. The van der Waals surface area contributed by atoms with Crippen LogP contribution in [0.1, 0.15) is 27.2 Å². The lowest BCUT2D eigenvalue weighted by Gasteiger charge is -2.11. The van der Waals surface area contributed by atoms with E-state index >= 15 is 0 Å². The van der Waals surface area contributed by atoms with Gasteiger partial charge in [-0.15, -0.1) is 11.3 Å². The van der Waals surface area contributed by atoms with Crippen molar-refractivity contribution in [1.29, 1.82) is 0 Å². The van der Waals surface area contributed by atoms with Crippen LogP contribution < -0.4 is 5.32 Å². The Labute approximate surface area is 217 Å². The summed E-state index contributed by atoms with van der Waals surface area (Å²) in [6, 6.07) is 16.3. The number of esters is 1. The minimum absolute atomic E-state index is 0.0374. The van der Waals surface area contributed by atoms with Crippen LogP contribution in [0.3, 0.4) is 0 Å². The van der Waals surface area contributed by atoms with Crippen LogP contribution in [-0.4, -0.2) is 15.9 Å². The topological polar surface area (TPSA) is 94.4 Å². The molecule has 0 amide bonds. The number of alkyl halides is 3. The molecule has 0 saturated carbocycles. The van der Waals surface area contributed by atoms with E-state index in [2.05, 4.69) is 10.3 Å². The molecule has 0 bridgehead atoms. The number of nitro benzene ring substituents is 1. The van der Waals surface area contributed by atoms with Gasteiger partial charge in [0.05, 0.1) is 26.6 Å². The number of benzene rings is 3. The quantitative estimate of drug-likeness (QED) is 0.138. The molecule has 37 heavy (non-hydrogen) atoms. The molecule has 1 heterocycles. The van der Waals surface area contributed by atoms with Crippen molar-refractivity contribution in [3.63, 3.8) is 0 Å². The molecule has 4 aromatic rings. The number of aryl methyl sites for hydroxylation is 1. The molecule has 0 aliphatic heterocycles. The summed E-state index contributed by atoms with van der Waals surface area (Å²) in [6.45, 7) is 1.88. The van der Waals surface area contributed by atoms with Crippen molar-refractivity contribution in [2.24, 2.45) is 0 Å². The number of carbonyl (C=O) groups excluding carboxylic acids is 1. The Hall–Kier alpha value is -3.90. The summed E-state index contributed by atoms with van der Waals surface area (Å²) in [7, 11) is 0. The molecule has 1 aromatic heterocycles. The van der Waals surface area contributed by atoms with E-state index in [4.69, 9.17) is 4.74 Å². The van der Waals surface area contributed by atoms with Gasteiger partial charge in [-0.3, -0.25) is 10.1 Å². The van der Waals surface area contributed by atoms with Crippen LogP contribution in [0.25, 0.3) is 0 Å². The van der Waals surface area contributed by atoms with Crippen molar-refractivity contribution in [3.05, 3.63) is 105 Å². The van der Waals surface area contributed by atoms with Gasteiger partial charge in [-0.25, -0.2) is 9.78 Å². The molecule has 0 spiro atoms. The summed E-state index contributed by atoms with van der Waals surface area (Å²) in [5.41, 5.74) is 0.802. The second-order valence-corrected chi connectivity index (χ2v) is 9.69. The molecule has 3 aromatic carbocycles. The van der Waals surface area contributed by atoms with Gasteiger partial charge in [0.25, 0.3) is 5.69 Å². The van der Waals surface area contributed by atoms with Gasteiger partial charge in [0.1, 0.15) is 6.61 Å². The molecule has 1 N–H and O–H groups in total. The number of carbonyl (C=O) groups is 1. The lowest BCUT2D eigenvalue weighted by atomic mass is 10.2. The SMILES string of the molecule is Cc1ccc(Nc2nc(COC(=O)c3ccccc3Sc3ccc(C(F)(F)F)cc3[N+](=O)[O-])cs2)cc1. The lowest BCUT2D eigenvalue weighted by Crippen LogP contribution is -2.07. The van der Waals surface area contributed by atoms with Crippen LogP contribution in [-0.2, 0) is 17.5 Å². The summed E-state index contributed by atoms with van der Waals surface area (Å²) >= 11 is 2.16. The smallest absolute Gasteiger partial charge is 0.416 e. The first-order valence-corrected chi connectivity index (χ1v) is 12.4. The first kappa shape index (κ1) is 26.2. The molecule has 12 heteroatoms. The van der Waals surface area contributed by atoms with E-state index in [0.717, 1.165) is 35.1 Å². The number of ether oxygens (including phenoxy) is 1. The number of aromatic nitrogens is 1. The Morgan fingerprint density at radius 2 is 1.84 bits per heavy atom. The van der Waals surface area contributed by atoms with Crippen LogP contribution in [0.2, 0.25) is 0 Å². The number of nitrogens with zero attached hydrogens (tertiary/aromatic N) is 2. The van der Waals surface area contributed by atoms with Gasteiger partial charge in [-0.05, 0) is 43.3 Å². The first-order valence-electron chi connectivity index (χ1n) is 10.7. The van der Waals surface area contributed by atoms with Crippen molar-refractivity contribution in [3.8, 4) is 0 Å². The number of nitrogens with one attached hydrogen (secondary N) is 1. The number of hydrogen-bond acceptors (Lipinski definition) is 8. The van der Waals surface area contributed by atoms with E-state index in [0.29, 0.717) is 21.8 Å². The monoisotopic (exact) mass is 545 g/mol. The van der Waals surface area contributed by atoms with Crippen LogP contribution in [0, 0.1) is 17.0 Å². The zero-order valence-corrected chi connectivity index (χ0v) is 20.7. The Morgan fingerprint density at radius 1 is 1.11 bits per heavy atom. The van der Waals surface area contributed by atoms with Gasteiger partial charge < -0.3 is 10.1 Å². The van der Waals surface area contributed by atoms with E-state index < -0.39 is 28.3 Å². The Bertz CT molecular complexity index is 1440. The molecule has 0 aliphatic carbocycles. The molecule has 7 nitrogen and oxygen atoms in total. The maximum atomic E-state index is 13.0. The largest absolute Gasteiger partial charge is 0.456 e. The summed E-state index contributed by atoms with van der Waals surface area (Å²) in [5, 5.41) is 17.0. The predicted molar refractivity (Wildman–Crippen MR) is 134 cm³/mol. The van der Waals surface area contributed by atoms with Crippen LogP contribution in [0.15, 0.2) is 81.9 Å². The van der Waals surface area contributed by atoms with Crippen molar-refractivity contribution in [2.45, 2.75) is 29.5 Å². The standard InChI is InChI=1S/C25H18F3N3O4S2/c1-15-6-9-17(10-7-15)29-24-30-18(14-36-24)13-35-23(32)19-4-2-3-5-21(19)37-22-11-8-16(25(26,27)28)12-20(22)31(33)34/h2-12,14H,13H2,1H3,(H,29,30). The van der Waals surface area contributed by atoms with Crippen molar-refractivity contribution < 1.29 is 27.6 Å². The second-order valence-electron chi connectivity index (χ2n) is 7.75. The lowest BCUT2D eigenvalue weighted by molar-refractivity contribution is -0.388. The Kier molecular flexibility index (Phi) is 7.79. The molecule has 4 rings (SSSR count). The fourth-order valence-corrected chi connectivity index (χ4v) is 4.91. The highest BCUT2D eigenvalue weighted by atomic mass is 32.2. The Balaban J connectivity index is 1.46. The van der Waals surface area contributed by atoms with Crippen molar-refractivity contribution >= 4 is 45.6 Å². The third-order valence-corrected chi connectivity index (χ3v) is 6.96. The molecular formula is C25H18F3N3O4S2. The average Bonchev–Trinajstić information content (AvgIpc) is 3.31. The molecular weight excluding hydrogens is 527 g/mol. The second kappa shape index (κ2) is 11.0. The summed E-state index contributed by atoms with van der Waals surface area (Å²) in [6.07, 6.45) is -4.72. The fraction of sp³-hybridized carbons (Fsp3) is 0.120. The number of hydrogen-bond donors (Lipinski definition) is 1. The minimum Gasteiger partial charge on any atom is -0.456 e. The molecule has 0 fully saturated rings. The van der Waals surface area contributed by atoms with Gasteiger partial charge in [0.15, 0.2) is 5.13 Å². The van der Waals surface area contributed by atoms with Crippen LogP contribution in [0.4, 0.5) is 29.7 Å². The van der Waals surface area contributed by atoms with Gasteiger partial charge in [0.2, 0.25) is 0 Å². The van der Waals surface area contributed by atoms with E-state index in [1.54, 1.807) is 17.5 Å². The zero-order valence-electron chi connectivity index (χ0n) is 19.1. The summed E-state index contributed by atoms with van der Waals surface area (Å²) in [4.78, 5) is 28.0. The highest BCUT2D eigenvalue weighted by Crippen LogP contribution is 2.40. The number of halogens is 3. The number of rotatable bonds is 8. The fourth-order valence-electron chi connectivity index (χ4n) is 3.17. The summed E-state index contributed by atoms with van der Waals surface area (Å²) < 4.78 is 44.4. The molecule has 0 unspecified atom stereocenters. The number of anilines is 2. The molecule has 0 aliphatic rings. The normalized spacial score (nSPS) is 11.2. The molecule has 190 valence electrons. The Morgan fingerprint density at radius 3 is 2.54 bits per heavy atom. The minimum atomic E-state index is -4.72. The predicted octanol–water partition coefficient (Wildman–Crippen LogP) is 7.63. The van der Waals surface area contributed by atoms with Gasteiger partial charge in [0, 0.05) is 22.0 Å². The van der Waals surface area contributed by atoms with Crippen LogP contribution >= 0.6 is 23.1 Å². The van der Waals surface area contributed by atoms with Crippen LogP contribution in [0.5, 0.6) is 0 Å². The maximum absolute atomic E-state index is 13.0. The highest BCUT2D eigenvalue weighted by Gasteiger charge is 2.33. The van der Waals surface area contributed by atoms with E-state index in [-0.39, 0.29) is 17.1 Å². The van der Waals surface area contributed by atoms with Crippen molar-refractivity contribution in [2.75, 3.05) is 5.32 Å². The van der Waals surface area contributed by atoms with E-state index in [1.165, 1.54) is 23.5 Å². The van der Waals surface area contributed by atoms with Crippen molar-refractivity contribution in [1.82, 2.24) is 4.98 Å². The van der Waals surface area contributed by atoms with Gasteiger partial charge in [-0.2, -0.15) is 13.2 Å². The van der Waals surface area contributed by atoms with E-state index in [9.17, 15) is 28.1 Å². The molecule has 0 radical (unpaired) electrons. The van der Waals surface area contributed by atoms with E-state index in [1.807, 2.05) is 31.2 Å². The first-order chi connectivity index (χ1) is 17.6. The highest BCUT2D eigenvalue weighted by molar-refractivity contribution is 7.99. The average molecular weight is 546 g/mol. The molecule has 0 saturated heterocycles. The maximum Gasteiger partial charge on any atom is 0.416 e. The van der Waals surface area contributed by atoms with Gasteiger partial charge in [-0.1, -0.05) is 41.6 Å². The summed E-state index contributed by atoms with van der Waals surface area (Å²) in [5.74, 6) is -0.696. The third-order valence-electron chi connectivity index (χ3n) is 5.02.